The molecule has 0 unspecified atom stereocenters. The molecule has 0 N–H and O–H groups in total. The van der Waals surface area contributed by atoms with E-state index in [0.29, 0.717) is 0 Å². The van der Waals surface area contributed by atoms with E-state index in [9.17, 15) is 0 Å². The largest absolute Gasteiger partial charge is 0.372 e. The molecule has 4 heteroatoms. The molecule has 0 spiro atoms. The summed E-state index contributed by atoms with van der Waals surface area (Å²) >= 11 is 0. The van der Waals surface area contributed by atoms with Crippen LogP contribution in [0.15, 0.2) is 85.5 Å². The summed E-state index contributed by atoms with van der Waals surface area (Å²) in [6.45, 7) is 11.5. The van der Waals surface area contributed by atoms with Crippen molar-refractivity contribution in [2.24, 2.45) is 0 Å². The predicted octanol–water partition coefficient (Wildman–Crippen LogP) is 11.0. The topological polar surface area (TPSA) is 14.2 Å². The van der Waals surface area contributed by atoms with Crippen LogP contribution in [0.25, 0.3) is 24.3 Å². The maximum absolute atomic E-state index is 2.52. The third kappa shape index (κ3) is 11.7. The van der Waals surface area contributed by atoms with Gasteiger partial charge in [-0.1, -0.05) is 74.3 Å². The van der Waals surface area contributed by atoms with Crippen molar-refractivity contribution in [2.75, 3.05) is 36.0 Å². The molecule has 2 aliphatic heterocycles. The lowest BCUT2D eigenvalue weighted by Gasteiger charge is -2.28. The van der Waals surface area contributed by atoms with E-state index in [4.69, 9.17) is 0 Å². The molecule has 52 heavy (non-hydrogen) atoms. The van der Waals surface area contributed by atoms with E-state index in [-0.39, 0.29) is 0 Å². The lowest BCUT2D eigenvalue weighted by atomic mass is 10.1. The Kier molecular flexibility index (Phi) is 14.6. The van der Waals surface area contributed by atoms with Gasteiger partial charge in [0.1, 0.15) is 13.1 Å². The van der Waals surface area contributed by atoms with Crippen molar-refractivity contribution in [1.29, 1.82) is 0 Å². The molecular weight excluding hydrogens is 633 g/mol. The van der Waals surface area contributed by atoms with Crippen LogP contribution >= 0.6 is 0 Å². The zero-order valence-electron chi connectivity index (χ0n) is 32.3. The number of anilines is 2. The summed E-state index contributed by atoms with van der Waals surface area (Å²) in [5.41, 5.74) is 10.6. The lowest BCUT2D eigenvalue weighted by Crippen LogP contribution is -2.33. The second kappa shape index (κ2) is 20.2. The molecule has 4 heterocycles. The molecule has 2 aromatic heterocycles. The number of piperidine rings is 2. The first-order valence-electron chi connectivity index (χ1n) is 20.7. The van der Waals surface area contributed by atoms with Crippen molar-refractivity contribution < 1.29 is 9.13 Å². The molecule has 6 rings (SSSR count). The normalized spacial score (nSPS) is 15.3. The summed E-state index contributed by atoms with van der Waals surface area (Å²) in [6.07, 6.45) is 36.8. The first-order chi connectivity index (χ1) is 25.6. The first kappa shape index (κ1) is 37.6. The van der Waals surface area contributed by atoms with Crippen LogP contribution in [0, 0.1) is 13.8 Å². The van der Waals surface area contributed by atoms with Gasteiger partial charge in [0.15, 0.2) is 24.8 Å². The molecule has 2 fully saturated rings. The highest BCUT2D eigenvalue weighted by Crippen LogP contribution is 2.23. The van der Waals surface area contributed by atoms with Crippen LogP contribution in [-0.4, -0.2) is 26.2 Å². The van der Waals surface area contributed by atoms with Crippen LogP contribution < -0.4 is 18.9 Å². The Morgan fingerprint density at radius 2 is 0.808 bits per heavy atom. The Bertz CT molecular complexity index is 1580. The van der Waals surface area contributed by atoms with Gasteiger partial charge in [0, 0.05) is 73.7 Å². The Labute approximate surface area is 315 Å². The van der Waals surface area contributed by atoms with Crippen LogP contribution in [0.3, 0.4) is 0 Å². The summed E-state index contributed by atoms with van der Waals surface area (Å²) in [7, 11) is 0. The number of nitrogens with zero attached hydrogens (tertiary/aromatic N) is 4. The van der Waals surface area contributed by atoms with E-state index in [1.807, 2.05) is 0 Å². The minimum absolute atomic E-state index is 1.11. The van der Waals surface area contributed by atoms with Gasteiger partial charge >= 0.3 is 0 Å². The third-order valence-corrected chi connectivity index (χ3v) is 11.2. The molecular formula is C48H64N4+2. The minimum atomic E-state index is 1.11. The zero-order chi connectivity index (χ0) is 35.8. The summed E-state index contributed by atoms with van der Waals surface area (Å²) < 4.78 is 4.74. The molecule has 0 radical (unpaired) electrons. The van der Waals surface area contributed by atoms with Gasteiger partial charge < -0.3 is 9.80 Å². The molecule has 2 aromatic carbocycles. The van der Waals surface area contributed by atoms with Gasteiger partial charge in [-0.05, 0) is 112 Å². The number of hydrogen-bond acceptors (Lipinski definition) is 2. The van der Waals surface area contributed by atoms with Crippen LogP contribution in [0.1, 0.15) is 123 Å². The van der Waals surface area contributed by atoms with Gasteiger partial charge in [0.25, 0.3) is 0 Å². The fraction of sp³-hybridized carbons (Fsp3) is 0.458. The van der Waals surface area contributed by atoms with Gasteiger partial charge in [-0.2, -0.15) is 0 Å². The second-order valence-corrected chi connectivity index (χ2v) is 15.4. The summed E-state index contributed by atoms with van der Waals surface area (Å²) in [5, 5.41) is 0. The molecule has 2 aliphatic rings. The fourth-order valence-corrected chi connectivity index (χ4v) is 7.92. The van der Waals surface area contributed by atoms with Crippen molar-refractivity contribution in [2.45, 2.75) is 117 Å². The maximum atomic E-state index is 2.52. The molecule has 4 nitrogen and oxygen atoms in total. The van der Waals surface area contributed by atoms with E-state index < -0.39 is 0 Å². The van der Waals surface area contributed by atoms with Crippen LogP contribution in [0.4, 0.5) is 11.4 Å². The number of unbranched alkanes of at least 4 members (excludes halogenated alkanes) is 7. The van der Waals surface area contributed by atoms with Gasteiger partial charge in [0.2, 0.25) is 0 Å². The quantitative estimate of drug-likeness (QED) is 0.0806. The average molecular weight is 697 g/mol. The van der Waals surface area contributed by atoms with Gasteiger partial charge in [-0.25, -0.2) is 9.13 Å². The van der Waals surface area contributed by atoms with Gasteiger partial charge in [-0.3, -0.25) is 0 Å². The van der Waals surface area contributed by atoms with Crippen LogP contribution in [0.5, 0.6) is 0 Å². The molecule has 0 amide bonds. The van der Waals surface area contributed by atoms with E-state index >= 15 is 0 Å². The highest BCUT2D eigenvalue weighted by Gasteiger charge is 2.12. The van der Waals surface area contributed by atoms with Crippen molar-refractivity contribution in [3.63, 3.8) is 0 Å². The highest BCUT2D eigenvalue weighted by atomic mass is 15.1. The van der Waals surface area contributed by atoms with Crippen LogP contribution in [-0.2, 0) is 13.1 Å². The molecule has 4 aromatic rings. The maximum Gasteiger partial charge on any atom is 0.172 e. The summed E-state index contributed by atoms with van der Waals surface area (Å²) in [6, 6.07) is 22.7. The van der Waals surface area contributed by atoms with E-state index in [1.54, 1.807) is 0 Å². The van der Waals surface area contributed by atoms with Crippen molar-refractivity contribution in [3.8, 4) is 0 Å². The number of aromatic nitrogens is 2. The Hall–Kier alpha value is -4.18. The SMILES string of the molecule is Cc1c[n+](CCCCCCCCCC[n+]2ccc(/C=C/c3ccc(N4CCCCC4)cc3)c(C)c2)ccc1/C=C/c1ccc(N2CCCCC2)cc1. The number of pyridine rings is 2. The van der Waals surface area contributed by atoms with Gasteiger partial charge in [0.05, 0.1) is 0 Å². The monoisotopic (exact) mass is 697 g/mol. The second-order valence-electron chi connectivity index (χ2n) is 15.4. The van der Waals surface area contributed by atoms with E-state index in [0.717, 1.165) is 13.1 Å². The molecule has 0 aliphatic carbocycles. The number of aryl methyl sites for hydroxylation is 4. The lowest BCUT2D eigenvalue weighted by molar-refractivity contribution is -0.697. The molecule has 274 valence electrons. The van der Waals surface area contributed by atoms with Gasteiger partial charge in [-0.15, -0.1) is 0 Å². The van der Waals surface area contributed by atoms with E-state index in [2.05, 4.69) is 143 Å². The fourth-order valence-electron chi connectivity index (χ4n) is 7.92. The highest BCUT2D eigenvalue weighted by molar-refractivity contribution is 5.72. The van der Waals surface area contributed by atoms with Crippen molar-refractivity contribution >= 4 is 35.7 Å². The number of hydrogen-bond donors (Lipinski definition) is 0. The Balaban J connectivity index is 0.812. The average Bonchev–Trinajstić information content (AvgIpc) is 3.19. The Morgan fingerprint density at radius 1 is 0.442 bits per heavy atom. The number of benzene rings is 2. The minimum Gasteiger partial charge on any atom is -0.372 e. The molecule has 0 bridgehead atoms. The Morgan fingerprint density at radius 3 is 1.17 bits per heavy atom. The third-order valence-electron chi connectivity index (χ3n) is 11.2. The van der Waals surface area contributed by atoms with Crippen LogP contribution in [0.2, 0.25) is 0 Å². The standard InChI is InChI=1S/C48H64N4/c1-41-39-49(37-29-45(41)23-17-43-19-25-47(26-20-43)51-33-13-9-14-34-51)31-11-7-5-3-4-6-8-12-32-50-38-30-46(42(2)40-50)24-18-44-21-27-48(28-22-44)52-35-15-10-16-36-52/h17-30,37-40H,3-16,31-36H2,1-2H3/q+2. The first-order valence-corrected chi connectivity index (χ1v) is 20.7. The van der Waals surface area contributed by atoms with Crippen molar-refractivity contribution in [1.82, 2.24) is 0 Å². The molecule has 2 saturated heterocycles. The summed E-state index contributed by atoms with van der Waals surface area (Å²) in [5.74, 6) is 0. The predicted molar refractivity (Wildman–Crippen MR) is 223 cm³/mol. The number of rotatable bonds is 17. The molecule has 0 saturated carbocycles. The summed E-state index contributed by atoms with van der Waals surface area (Å²) in [4.78, 5) is 5.05. The van der Waals surface area contributed by atoms with Crippen molar-refractivity contribution in [3.05, 3.63) is 119 Å². The molecule has 0 atom stereocenters. The van der Waals surface area contributed by atoms with E-state index in [1.165, 1.54) is 161 Å². The zero-order valence-corrected chi connectivity index (χ0v) is 32.3. The smallest absolute Gasteiger partial charge is 0.172 e.